The number of alkyl carbamates (subject to hydrolysis) is 1. The third-order valence-corrected chi connectivity index (χ3v) is 9.27. The molecule has 46 heavy (non-hydrogen) atoms. The lowest BCUT2D eigenvalue weighted by molar-refractivity contribution is -0.148. The van der Waals surface area contributed by atoms with Gasteiger partial charge in [-0.05, 0) is 69.8 Å². The molecule has 0 spiro atoms. The number of carbonyl (C=O) groups is 6. The molecule has 2 saturated carbocycles. The highest BCUT2D eigenvalue weighted by Crippen LogP contribution is 2.44. The summed E-state index contributed by atoms with van der Waals surface area (Å²) in [5.74, 6) is -5.28. The number of nitrogens with two attached hydrogens (primary N) is 1. The van der Waals surface area contributed by atoms with Gasteiger partial charge in [0.15, 0.2) is 5.78 Å². The lowest BCUT2D eigenvalue weighted by atomic mass is 9.73. The number of carbonyl (C=O) groups excluding carboxylic acids is 4. The maximum absolute atomic E-state index is 13.6. The minimum atomic E-state index is -1.46. The molecule has 1 aromatic carbocycles. The highest BCUT2D eigenvalue weighted by Gasteiger charge is 2.47. The van der Waals surface area contributed by atoms with Gasteiger partial charge in [-0.25, -0.2) is 4.79 Å². The van der Waals surface area contributed by atoms with Crippen LogP contribution in [0.15, 0.2) is 30.3 Å². The number of carboxylic acids is 2. The topological polar surface area (TPSA) is 214 Å². The predicted molar refractivity (Wildman–Crippen MR) is 167 cm³/mol. The Morgan fingerprint density at radius 3 is 2.22 bits per heavy atom. The van der Waals surface area contributed by atoms with E-state index in [4.69, 9.17) is 10.5 Å². The molecule has 3 rings (SSSR count). The molecular weight excluding hydrogens is 596 g/mol. The summed E-state index contributed by atoms with van der Waals surface area (Å²) < 4.78 is 5.18. The van der Waals surface area contributed by atoms with E-state index < -0.39 is 59.1 Å². The van der Waals surface area contributed by atoms with Gasteiger partial charge >= 0.3 is 18.0 Å². The van der Waals surface area contributed by atoms with Crippen LogP contribution in [0.25, 0.3) is 0 Å². The summed E-state index contributed by atoms with van der Waals surface area (Å²) in [7, 11) is 0. The van der Waals surface area contributed by atoms with E-state index in [1.165, 1.54) is 6.92 Å². The number of aliphatic carboxylic acids is 2. The average Bonchev–Trinajstić information content (AvgIpc) is 3.52. The van der Waals surface area contributed by atoms with Crippen molar-refractivity contribution >= 4 is 35.6 Å². The number of hydrogen-bond acceptors (Lipinski definition) is 8. The van der Waals surface area contributed by atoms with Gasteiger partial charge in [0, 0.05) is 19.5 Å². The second kappa shape index (κ2) is 17.6. The summed E-state index contributed by atoms with van der Waals surface area (Å²) in [5, 5.41) is 27.7. The number of Topliss-reactive ketones (excluding diaryl/α,β-unsaturated/α-hetero) is 1. The Morgan fingerprint density at radius 2 is 1.63 bits per heavy atom. The highest BCUT2D eigenvalue weighted by molar-refractivity contribution is 5.95. The fourth-order valence-electron chi connectivity index (χ4n) is 6.59. The lowest BCUT2D eigenvalue weighted by Gasteiger charge is -2.35. The zero-order valence-corrected chi connectivity index (χ0v) is 26.5. The van der Waals surface area contributed by atoms with Crippen LogP contribution in [0.1, 0.15) is 89.5 Å². The smallest absolute Gasteiger partial charge is 0.407 e. The number of ketones is 1. The number of amides is 3. The standard InChI is InChI=1S/C33H48N4O9/c1-21(38)36-26(11-5-8-18-35-32(45)46-20-22-9-3-2-4-10-22)28(39)27(34)25(30(42)43)19-33(16-6-7-17-33)31(44)37-24-14-12-23(13-15-24)29(40)41/h2-4,9-10,23-27H,5-8,11-20,34H2,1H3,(H,35,45)(H,36,38)(H,37,44)(H,40,41)(H,42,43)/t23?,24?,25?,26-,27?/m0/s1. The molecule has 0 aromatic heterocycles. The third kappa shape index (κ3) is 10.8. The van der Waals surface area contributed by atoms with Crippen molar-refractivity contribution < 1.29 is 43.7 Å². The van der Waals surface area contributed by atoms with E-state index in [0.29, 0.717) is 51.4 Å². The maximum atomic E-state index is 13.6. The first kappa shape index (κ1) is 36.5. The van der Waals surface area contributed by atoms with Crippen molar-refractivity contribution in [3.05, 3.63) is 35.9 Å². The summed E-state index contributed by atoms with van der Waals surface area (Å²) >= 11 is 0. The van der Waals surface area contributed by atoms with Gasteiger partial charge in [0.1, 0.15) is 6.61 Å². The van der Waals surface area contributed by atoms with Gasteiger partial charge in [-0.15, -0.1) is 0 Å². The Hall–Kier alpha value is -4.00. The first-order chi connectivity index (χ1) is 21.9. The van der Waals surface area contributed by atoms with Crippen LogP contribution >= 0.6 is 0 Å². The summed E-state index contributed by atoms with van der Waals surface area (Å²) in [6, 6.07) is 6.54. The number of hydrogen-bond donors (Lipinski definition) is 6. The van der Waals surface area contributed by atoms with Gasteiger partial charge in [-0.3, -0.25) is 24.0 Å². The van der Waals surface area contributed by atoms with Crippen LogP contribution in [-0.4, -0.2) is 70.5 Å². The van der Waals surface area contributed by atoms with Crippen LogP contribution in [-0.2, 0) is 35.3 Å². The second-order valence-electron chi connectivity index (χ2n) is 12.7. The molecule has 3 atom stereocenters. The molecule has 0 heterocycles. The quantitative estimate of drug-likeness (QED) is 0.136. The van der Waals surface area contributed by atoms with Gasteiger partial charge in [-0.2, -0.15) is 0 Å². The summed E-state index contributed by atoms with van der Waals surface area (Å²) in [4.78, 5) is 74.8. The highest BCUT2D eigenvalue weighted by atomic mass is 16.5. The van der Waals surface area contributed by atoms with Gasteiger partial charge in [-0.1, -0.05) is 43.2 Å². The molecular formula is C33H48N4O9. The Bertz CT molecular complexity index is 1210. The van der Waals surface area contributed by atoms with Crippen LogP contribution in [0.2, 0.25) is 0 Å². The Morgan fingerprint density at radius 1 is 0.978 bits per heavy atom. The van der Waals surface area contributed by atoms with Crippen molar-refractivity contribution in [1.29, 1.82) is 0 Å². The van der Waals surface area contributed by atoms with E-state index in [1.807, 2.05) is 30.3 Å². The molecule has 0 radical (unpaired) electrons. The average molecular weight is 645 g/mol. The molecule has 1 aromatic rings. The number of nitrogens with one attached hydrogen (secondary N) is 3. The van der Waals surface area contributed by atoms with Gasteiger partial charge in [0.05, 0.1) is 29.3 Å². The van der Waals surface area contributed by atoms with E-state index in [2.05, 4.69) is 16.0 Å². The van der Waals surface area contributed by atoms with Crippen molar-refractivity contribution in [3.8, 4) is 0 Å². The molecule has 13 nitrogen and oxygen atoms in total. The van der Waals surface area contributed by atoms with Gasteiger partial charge < -0.3 is 36.6 Å². The SMILES string of the molecule is CC(=O)N[C@@H](CCCCNC(=O)OCc1ccccc1)C(=O)C(N)C(CC1(C(=O)NC2CCC(C(=O)O)CC2)CCCC1)C(=O)O. The van der Waals surface area contributed by atoms with E-state index >= 15 is 0 Å². The molecule has 2 unspecified atom stereocenters. The predicted octanol–water partition coefficient (Wildman–Crippen LogP) is 2.90. The molecule has 3 amide bonds. The fourth-order valence-corrected chi connectivity index (χ4v) is 6.59. The van der Waals surface area contributed by atoms with Crippen molar-refractivity contribution in [3.63, 3.8) is 0 Å². The van der Waals surface area contributed by atoms with Crippen LogP contribution in [0.5, 0.6) is 0 Å². The largest absolute Gasteiger partial charge is 0.481 e. The number of carboxylic acid groups (broad SMARTS) is 2. The third-order valence-electron chi connectivity index (χ3n) is 9.27. The molecule has 0 aliphatic heterocycles. The fraction of sp³-hybridized carbons (Fsp3) is 0.636. The van der Waals surface area contributed by atoms with Crippen LogP contribution in [0, 0.1) is 17.3 Å². The molecule has 0 bridgehead atoms. The molecule has 2 aliphatic rings. The van der Waals surface area contributed by atoms with Gasteiger partial charge in [0.2, 0.25) is 11.8 Å². The lowest BCUT2D eigenvalue weighted by Crippen LogP contribution is -2.54. The first-order valence-electron chi connectivity index (χ1n) is 16.2. The first-order valence-corrected chi connectivity index (χ1v) is 16.2. The number of rotatable bonds is 17. The normalized spacial score (nSPS) is 20.8. The zero-order valence-electron chi connectivity index (χ0n) is 26.5. The van der Waals surface area contributed by atoms with Crippen molar-refractivity contribution in [2.24, 2.45) is 23.0 Å². The number of unbranched alkanes of at least 4 members (excludes halogenated alkanes) is 1. The van der Waals surface area contributed by atoms with Crippen LogP contribution in [0.3, 0.4) is 0 Å². The van der Waals surface area contributed by atoms with Crippen molar-refractivity contribution in [2.75, 3.05) is 6.54 Å². The molecule has 2 aliphatic carbocycles. The van der Waals surface area contributed by atoms with Gasteiger partial charge in [0.25, 0.3) is 0 Å². The molecule has 0 saturated heterocycles. The number of benzene rings is 1. The monoisotopic (exact) mass is 644 g/mol. The van der Waals surface area contributed by atoms with Crippen LogP contribution in [0.4, 0.5) is 4.79 Å². The van der Waals surface area contributed by atoms with E-state index in [9.17, 15) is 39.0 Å². The van der Waals surface area contributed by atoms with Crippen LogP contribution < -0.4 is 21.7 Å². The maximum Gasteiger partial charge on any atom is 0.407 e. The molecule has 13 heteroatoms. The second-order valence-corrected chi connectivity index (χ2v) is 12.7. The van der Waals surface area contributed by atoms with E-state index in [0.717, 1.165) is 18.4 Å². The molecule has 254 valence electrons. The van der Waals surface area contributed by atoms with E-state index in [1.54, 1.807) is 0 Å². The van der Waals surface area contributed by atoms with Crippen molar-refractivity contribution in [1.82, 2.24) is 16.0 Å². The van der Waals surface area contributed by atoms with E-state index in [-0.39, 0.29) is 37.9 Å². The zero-order chi connectivity index (χ0) is 33.7. The Balaban J connectivity index is 1.55. The Labute approximate surface area is 269 Å². The summed E-state index contributed by atoms with van der Waals surface area (Å²) in [6.07, 6.45) is 4.76. The minimum absolute atomic E-state index is 0.118. The number of ether oxygens (including phenoxy) is 1. The molecule has 7 N–H and O–H groups in total. The molecule has 2 fully saturated rings. The Kier molecular flexibility index (Phi) is 14.0. The summed E-state index contributed by atoms with van der Waals surface area (Å²) in [5.41, 5.74) is 6.16. The summed E-state index contributed by atoms with van der Waals surface area (Å²) in [6.45, 7) is 1.66. The van der Waals surface area contributed by atoms with Crippen molar-refractivity contribution in [2.45, 2.75) is 109 Å². The minimum Gasteiger partial charge on any atom is -0.481 e.